The molecule has 0 aromatic rings. The second-order valence-electron chi connectivity index (χ2n) is 15.1. The van der Waals surface area contributed by atoms with Gasteiger partial charge in [-0.25, -0.2) is 0 Å². The average molecular weight is 473 g/mol. The van der Waals surface area contributed by atoms with Crippen molar-refractivity contribution in [2.24, 2.45) is 56.2 Å². The Morgan fingerprint density at radius 2 is 1.41 bits per heavy atom. The van der Waals surface area contributed by atoms with Crippen LogP contribution >= 0.6 is 0 Å². The van der Waals surface area contributed by atoms with Crippen LogP contribution in [0.4, 0.5) is 0 Å². The number of aliphatic carboxylic acids is 1. The minimum Gasteiger partial charge on any atom is -0.481 e. The number of rotatable bonds is 1. The minimum absolute atomic E-state index is 0.0466. The number of carboxylic acids is 1. The highest BCUT2D eigenvalue weighted by Crippen LogP contribution is 2.78. The molecule has 0 aromatic carbocycles. The summed E-state index contributed by atoms with van der Waals surface area (Å²) < 4.78 is 0. The summed E-state index contributed by atoms with van der Waals surface area (Å²) in [5.74, 6) is 1.16. The van der Waals surface area contributed by atoms with Crippen molar-refractivity contribution in [1.82, 2.24) is 0 Å². The molecule has 5 rings (SSSR count). The topological polar surface area (TPSA) is 74.6 Å². The van der Waals surface area contributed by atoms with Crippen molar-refractivity contribution in [2.75, 3.05) is 0 Å². The molecule has 0 unspecified atom stereocenters. The van der Waals surface area contributed by atoms with E-state index in [2.05, 4.69) is 48.5 Å². The average Bonchev–Trinajstić information content (AvgIpc) is 2.74. The second-order valence-corrected chi connectivity index (χ2v) is 15.1. The number of Topliss-reactive ketones (excluding diaryl/α,β-unsaturated/α-hetero) is 1. The number of fused-ring (bicyclic) bond motifs is 7. The van der Waals surface area contributed by atoms with Crippen molar-refractivity contribution in [3.63, 3.8) is 0 Å². The Balaban J connectivity index is 1.58. The third-order valence-corrected chi connectivity index (χ3v) is 13.9. The van der Waals surface area contributed by atoms with Crippen LogP contribution < -0.4 is 0 Å². The van der Waals surface area contributed by atoms with Crippen LogP contribution in [0.25, 0.3) is 0 Å². The Bertz CT molecular complexity index is 909. The molecule has 0 aliphatic heterocycles. The monoisotopic (exact) mass is 472 g/mol. The Morgan fingerprint density at radius 3 is 2.06 bits per heavy atom. The van der Waals surface area contributed by atoms with Gasteiger partial charge in [-0.15, -0.1) is 0 Å². The fourth-order valence-electron chi connectivity index (χ4n) is 11.2. The smallest absolute Gasteiger partial charge is 0.310 e. The van der Waals surface area contributed by atoms with Gasteiger partial charge in [-0.3, -0.25) is 9.59 Å². The number of hydrogen-bond acceptors (Lipinski definition) is 3. The Hall–Kier alpha value is -0.900. The number of carbonyl (C=O) groups excluding carboxylic acids is 1. The summed E-state index contributed by atoms with van der Waals surface area (Å²) in [6.45, 7) is 16.3. The third kappa shape index (κ3) is 2.76. The largest absolute Gasteiger partial charge is 0.481 e. The lowest BCUT2D eigenvalue weighted by Gasteiger charge is -2.74. The molecule has 2 N–H and O–H groups in total. The molecule has 192 valence electrons. The molecule has 5 aliphatic rings. The lowest BCUT2D eigenvalue weighted by Crippen LogP contribution is -2.69. The van der Waals surface area contributed by atoms with Crippen LogP contribution in [0.15, 0.2) is 0 Å². The zero-order valence-electron chi connectivity index (χ0n) is 22.7. The van der Waals surface area contributed by atoms with Crippen LogP contribution in [-0.2, 0) is 9.59 Å². The molecular formula is C30H48O4. The first-order chi connectivity index (χ1) is 15.6. The van der Waals surface area contributed by atoms with Gasteiger partial charge in [0.15, 0.2) is 0 Å². The molecule has 0 amide bonds. The van der Waals surface area contributed by atoms with E-state index in [1.54, 1.807) is 0 Å². The van der Waals surface area contributed by atoms with Crippen molar-refractivity contribution in [3.05, 3.63) is 0 Å². The van der Waals surface area contributed by atoms with Gasteiger partial charge in [0.1, 0.15) is 5.78 Å². The maximum Gasteiger partial charge on any atom is 0.310 e. The summed E-state index contributed by atoms with van der Waals surface area (Å²) in [4.78, 5) is 25.6. The summed E-state index contributed by atoms with van der Waals surface area (Å²) in [5, 5.41) is 21.6. The lowest BCUT2D eigenvalue weighted by atomic mass is 9.30. The fraction of sp³-hybridized carbons (Fsp3) is 0.933. The van der Waals surface area contributed by atoms with Crippen molar-refractivity contribution in [1.29, 1.82) is 0 Å². The maximum absolute atomic E-state index is 12.9. The molecule has 34 heavy (non-hydrogen) atoms. The summed E-state index contributed by atoms with van der Waals surface area (Å²) in [5.41, 5.74) is -0.699. The number of aliphatic hydroxyl groups excluding tert-OH is 1. The van der Waals surface area contributed by atoms with E-state index in [4.69, 9.17) is 0 Å². The first-order valence-electron chi connectivity index (χ1n) is 14.0. The van der Waals surface area contributed by atoms with Crippen LogP contribution in [0.5, 0.6) is 0 Å². The Labute approximate surface area is 206 Å². The third-order valence-electron chi connectivity index (χ3n) is 13.9. The van der Waals surface area contributed by atoms with Gasteiger partial charge in [-0.2, -0.15) is 0 Å². The van der Waals surface area contributed by atoms with E-state index in [-0.39, 0.29) is 38.9 Å². The van der Waals surface area contributed by atoms with E-state index in [9.17, 15) is 19.8 Å². The van der Waals surface area contributed by atoms with Gasteiger partial charge in [0, 0.05) is 12.3 Å². The number of aliphatic hydroxyl groups is 1. The Kier molecular flexibility index (Phi) is 5.18. The van der Waals surface area contributed by atoms with Gasteiger partial charge in [-0.05, 0) is 103 Å². The van der Waals surface area contributed by atoms with Gasteiger partial charge in [0.05, 0.1) is 11.5 Å². The number of ketones is 1. The zero-order valence-corrected chi connectivity index (χ0v) is 22.7. The van der Waals surface area contributed by atoms with E-state index >= 15 is 0 Å². The van der Waals surface area contributed by atoms with E-state index in [0.29, 0.717) is 30.5 Å². The molecule has 5 saturated carbocycles. The summed E-state index contributed by atoms with van der Waals surface area (Å²) >= 11 is 0. The van der Waals surface area contributed by atoms with Gasteiger partial charge in [0.25, 0.3) is 0 Å². The molecule has 0 bridgehead atoms. The first kappa shape index (κ1) is 24.8. The standard InChI is InChI=1S/C30H48O4/c1-18-19(31)8-9-20-26(18,4)11-10-21-27(20,5)12-13-29(7)22-16-25(2,3)23(32)17-30(22,24(33)34)15-14-28(21,29)6/h18,20-23,32H,8-17H2,1-7H3,(H,33,34)/t18-,20+,21+,22-,23+,26+,27-,28+,29-,30+/m0/s1. The molecule has 4 heteroatoms. The van der Waals surface area contributed by atoms with Crippen molar-refractivity contribution in [3.8, 4) is 0 Å². The van der Waals surface area contributed by atoms with E-state index in [1.165, 1.54) is 0 Å². The molecule has 0 aromatic heterocycles. The molecule has 10 atom stereocenters. The van der Waals surface area contributed by atoms with Crippen molar-refractivity contribution >= 4 is 11.8 Å². The van der Waals surface area contributed by atoms with Crippen LogP contribution in [0.3, 0.4) is 0 Å². The summed E-state index contributed by atoms with van der Waals surface area (Å²) in [6.07, 6.45) is 8.51. The molecule has 0 spiro atoms. The fourth-order valence-corrected chi connectivity index (χ4v) is 11.2. The molecule has 0 saturated heterocycles. The Morgan fingerprint density at radius 1 is 0.794 bits per heavy atom. The predicted molar refractivity (Wildman–Crippen MR) is 133 cm³/mol. The zero-order chi connectivity index (χ0) is 25.1. The number of hydrogen-bond donors (Lipinski definition) is 2. The highest BCUT2D eigenvalue weighted by Gasteiger charge is 2.73. The SMILES string of the molecule is C[C@H]1C(=O)CC[C@H]2[C@]3(C)CC[C@@]4(C)[C@@H]5CC(C)(C)[C@H](O)C[C@]5(C(=O)O)CC[C@]4(C)[C@@H]3CC[C@@]21C. The number of carbonyl (C=O) groups is 2. The number of carboxylic acid groups (broad SMARTS) is 1. The van der Waals surface area contributed by atoms with Crippen molar-refractivity contribution in [2.45, 2.75) is 119 Å². The summed E-state index contributed by atoms with van der Waals surface area (Å²) in [7, 11) is 0. The van der Waals surface area contributed by atoms with Crippen LogP contribution in [0.1, 0.15) is 113 Å². The first-order valence-corrected chi connectivity index (χ1v) is 14.0. The van der Waals surface area contributed by atoms with Crippen LogP contribution in [-0.4, -0.2) is 28.1 Å². The summed E-state index contributed by atoms with van der Waals surface area (Å²) in [6, 6.07) is 0. The normalized spacial score (nSPS) is 56.5. The van der Waals surface area contributed by atoms with Gasteiger partial charge in [0.2, 0.25) is 0 Å². The maximum atomic E-state index is 12.9. The van der Waals surface area contributed by atoms with Crippen LogP contribution in [0, 0.1) is 56.2 Å². The molecule has 0 heterocycles. The van der Waals surface area contributed by atoms with Crippen LogP contribution in [0.2, 0.25) is 0 Å². The molecular weight excluding hydrogens is 424 g/mol. The highest BCUT2D eigenvalue weighted by atomic mass is 16.4. The minimum atomic E-state index is -0.800. The quantitative estimate of drug-likeness (QED) is 0.457. The molecule has 5 aliphatic carbocycles. The van der Waals surface area contributed by atoms with Gasteiger partial charge < -0.3 is 10.2 Å². The highest BCUT2D eigenvalue weighted by molar-refractivity contribution is 5.82. The van der Waals surface area contributed by atoms with Gasteiger partial charge in [-0.1, -0.05) is 48.5 Å². The van der Waals surface area contributed by atoms with E-state index < -0.39 is 17.5 Å². The molecule has 5 fully saturated rings. The second kappa shape index (κ2) is 7.11. The molecule has 0 radical (unpaired) electrons. The van der Waals surface area contributed by atoms with E-state index in [1.807, 2.05) is 0 Å². The van der Waals surface area contributed by atoms with E-state index in [0.717, 1.165) is 51.4 Å². The lowest BCUT2D eigenvalue weighted by molar-refractivity contribution is -0.266. The van der Waals surface area contributed by atoms with Gasteiger partial charge >= 0.3 is 5.97 Å². The predicted octanol–water partition coefficient (Wildman–Crippen LogP) is 6.49. The van der Waals surface area contributed by atoms with Crippen molar-refractivity contribution < 1.29 is 19.8 Å². The molecule has 4 nitrogen and oxygen atoms in total.